The number of pyridine rings is 1. The van der Waals surface area contributed by atoms with Gasteiger partial charge in [-0.05, 0) is 29.8 Å². The van der Waals surface area contributed by atoms with Crippen molar-refractivity contribution in [3.63, 3.8) is 0 Å². The molecule has 0 fully saturated rings. The van der Waals surface area contributed by atoms with Gasteiger partial charge in [0.2, 0.25) is 0 Å². The van der Waals surface area contributed by atoms with Gasteiger partial charge in [0, 0.05) is 38.4 Å². The molecule has 24 heavy (non-hydrogen) atoms. The predicted octanol–water partition coefficient (Wildman–Crippen LogP) is 3.00. The number of carbonyl (C=O) groups is 1. The van der Waals surface area contributed by atoms with Gasteiger partial charge in [-0.2, -0.15) is 0 Å². The first-order valence-corrected chi connectivity index (χ1v) is 7.87. The van der Waals surface area contributed by atoms with E-state index in [9.17, 15) is 4.79 Å². The number of nitrogens with zero attached hydrogens (tertiary/aromatic N) is 3. The molecular weight excluding hydrogens is 300 g/mol. The lowest BCUT2D eigenvalue weighted by molar-refractivity contribution is 0.0943. The van der Waals surface area contributed by atoms with Gasteiger partial charge in [-0.15, -0.1) is 0 Å². The summed E-state index contributed by atoms with van der Waals surface area (Å²) in [5, 5.41) is 4.14. The van der Waals surface area contributed by atoms with Crippen molar-refractivity contribution in [1.82, 2.24) is 19.4 Å². The summed E-state index contributed by atoms with van der Waals surface area (Å²) < 4.78 is 4.10. The summed E-state index contributed by atoms with van der Waals surface area (Å²) in [6.07, 6.45) is 3.45. The molecule has 0 spiro atoms. The summed E-state index contributed by atoms with van der Waals surface area (Å²) in [7, 11) is 3.97. The van der Waals surface area contributed by atoms with E-state index < -0.39 is 0 Å². The zero-order valence-corrected chi connectivity index (χ0v) is 13.7. The first-order chi connectivity index (χ1) is 11.7. The van der Waals surface area contributed by atoms with Crippen molar-refractivity contribution in [2.75, 3.05) is 0 Å². The van der Waals surface area contributed by atoms with Gasteiger partial charge in [0.05, 0.1) is 16.6 Å². The minimum Gasteiger partial charge on any atom is -0.347 e. The van der Waals surface area contributed by atoms with E-state index in [1.165, 1.54) is 5.52 Å². The van der Waals surface area contributed by atoms with E-state index in [1.54, 1.807) is 12.4 Å². The van der Waals surface area contributed by atoms with Crippen LogP contribution in [-0.2, 0) is 20.6 Å². The number of aromatic nitrogens is 3. The molecule has 1 N–H and O–H groups in total. The van der Waals surface area contributed by atoms with Crippen molar-refractivity contribution >= 4 is 27.8 Å². The zero-order chi connectivity index (χ0) is 16.7. The monoisotopic (exact) mass is 318 g/mol. The molecule has 4 rings (SSSR count). The Morgan fingerprint density at radius 1 is 1.04 bits per heavy atom. The zero-order valence-electron chi connectivity index (χ0n) is 13.7. The molecule has 0 aliphatic rings. The van der Waals surface area contributed by atoms with E-state index in [0.717, 1.165) is 22.0 Å². The second kappa shape index (κ2) is 5.53. The van der Waals surface area contributed by atoms with Crippen LogP contribution in [-0.4, -0.2) is 20.0 Å². The Kier molecular flexibility index (Phi) is 3.34. The average molecular weight is 318 g/mol. The van der Waals surface area contributed by atoms with Gasteiger partial charge in [0.1, 0.15) is 5.69 Å². The lowest BCUT2D eigenvalue weighted by Crippen LogP contribution is -2.24. The third-order valence-corrected chi connectivity index (χ3v) is 4.53. The molecule has 0 atom stereocenters. The maximum absolute atomic E-state index is 12.6. The Morgan fingerprint density at radius 2 is 1.79 bits per heavy atom. The van der Waals surface area contributed by atoms with Gasteiger partial charge < -0.3 is 14.5 Å². The number of carbonyl (C=O) groups excluding carboxylic acids is 1. The normalized spacial score (nSPS) is 11.2. The molecule has 1 amide bonds. The molecule has 0 unspecified atom stereocenters. The van der Waals surface area contributed by atoms with Gasteiger partial charge in [-0.1, -0.05) is 18.2 Å². The van der Waals surface area contributed by atoms with Crippen LogP contribution in [0.2, 0.25) is 0 Å². The highest BCUT2D eigenvalue weighted by Gasteiger charge is 2.18. The number of aryl methyl sites for hydroxylation is 2. The van der Waals surface area contributed by atoms with Crippen LogP contribution in [0.5, 0.6) is 0 Å². The molecule has 0 aliphatic carbocycles. The summed E-state index contributed by atoms with van der Waals surface area (Å²) in [6.45, 7) is 0.490. The fraction of sp³-hybridized carbons (Fsp3) is 0.158. The Labute approximate surface area is 139 Å². The Hall–Kier alpha value is -3.08. The largest absolute Gasteiger partial charge is 0.347 e. The Bertz CT molecular complexity index is 1040. The highest BCUT2D eigenvalue weighted by atomic mass is 16.1. The molecule has 3 heterocycles. The number of fused-ring (bicyclic) bond motifs is 3. The molecule has 0 aliphatic heterocycles. The SMILES string of the molecule is Cn1c(C(=O)NCc2ccncc2)cc2c1c1ccccc1n2C. The number of hydrogen-bond acceptors (Lipinski definition) is 2. The number of rotatable bonds is 3. The number of nitrogens with one attached hydrogen (secondary N) is 1. The summed E-state index contributed by atoms with van der Waals surface area (Å²) in [4.78, 5) is 16.6. The van der Waals surface area contributed by atoms with E-state index in [2.05, 4.69) is 27.0 Å². The first-order valence-electron chi connectivity index (χ1n) is 7.87. The average Bonchev–Trinajstić information content (AvgIpc) is 3.10. The van der Waals surface area contributed by atoms with Crippen LogP contribution in [0.3, 0.4) is 0 Å². The van der Waals surface area contributed by atoms with Crippen molar-refractivity contribution < 1.29 is 4.79 Å². The number of benzene rings is 1. The third kappa shape index (κ3) is 2.17. The van der Waals surface area contributed by atoms with Crippen LogP contribution in [0.4, 0.5) is 0 Å². The van der Waals surface area contributed by atoms with Crippen molar-refractivity contribution in [1.29, 1.82) is 0 Å². The van der Waals surface area contributed by atoms with Gasteiger partial charge in [0.15, 0.2) is 0 Å². The van der Waals surface area contributed by atoms with E-state index in [0.29, 0.717) is 12.2 Å². The maximum atomic E-state index is 12.6. The van der Waals surface area contributed by atoms with Crippen LogP contribution in [0.25, 0.3) is 21.9 Å². The predicted molar refractivity (Wildman–Crippen MR) is 94.8 cm³/mol. The summed E-state index contributed by atoms with van der Waals surface area (Å²) >= 11 is 0. The number of para-hydroxylation sites is 1. The van der Waals surface area contributed by atoms with Gasteiger partial charge >= 0.3 is 0 Å². The van der Waals surface area contributed by atoms with Crippen molar-refractivity contribution in [3.05, 3.63) is 66.1 Å². The second-order valence-electron chi connectivity index (χ2n) is 5.94. The van der Waals surface area contributed by atoms with E-state index >= 15 is 0 Å². The van der Waals surface area contributed by atoms with Gasteiger partial charge in [0.25, 0.3) is 5.91 Å². The highest BCUT2D eigenvalue weighted by molar-refractivity contribution is 6.10. The number of hydrogen-bond donors (Lipinski definition) is 1. The lowest BCUT2D eigenvalue weighted by atomic mass is 10.2. The molecule has 0 saturated carbocycles. The first kappa shape index (κ1) is 14.5. The molecule has 5 nitrogen and oxygen atoms in total. The minimum atomic E-state index is -0.0745. The molecule has 3 aromatic heterocycles. The minimum absolute atomic E-state index is 0.0745. The molecule has 5 heteroatoms. The standard InChI is InChI=1S/C19H18N4O/c1-22-15-6-4-3-5-14(15)18-16(22)11-17(23(18)2)19(24)21-12-13-7-9-20-10-8-13/h3-11H,12H2,1-2H3,(H,21,24). The van der Waals surface area contributed by atoms with Crippen LogP contribution < -0.4 is 5.32 Å². The lowest BCUT2D eigenvalue weighted by Gasteiger charge is -2.07. The number of amides is 1. The van der Waals surface area contributed by atoms with Crippen LogP contribution >= 0.6 is 0 Å². The molecule has 0 bridgehead atoms. The van der Waals surface area contributed by atoms with Crippen molar-refractivity contribution in [3.8, 4) is 0 Å². The molecule has 0 radical (unpaired) electrons. The van der Waals surface area contributed by atoms with Crippen LogP contribution in [0.1, 0.15) is 16.1 Å². The quantitative estimate of drug-likeness (QED) is 0.631. The van der Waals surface area contributed by atoms with Gasteiger partial charge in [-0.3, -0.25) is 9.78 Å². The Morgan fingerprint density at radius 3 is 2.58 bits per heavy atom. The smallest absolute Gasteiger partial charge is 0.268 e. The maximum Gasteiger partial charge on any atom is 0.268 e. The summed E-state index contributed by atoms with van der Waals surface area (Å²) in [5.74, 6) is -0.0745. The van der Waals surface area contributed by atoms with Gasteiger partial charge in [-0.25, -0.2) is 0 Å². The third-order valence-electron chi connectivity index (χ3n) is 4.53. The Balaban J connectivity index is 1.71. The molecule has 120 valence electrons. The summed E-state index contributed by atoms with van der Waals surface area (Å²) in [5.41, 5.74) is 5.01. The highest BCUT2D eigenvalue weighted by Crippen LogP contribution is 2.30. The molecular formula is C19H18N4O. The van der Waals surface area contributed by atoms with Crippen molar-refractivity contribution in [2.45, 2.75) is 6.54 Å². The molecule has 0 saturated heterocycles. The fourth-order valence-corrected chi connectivity index (χ4v) is 3.25. The molecule has 1 aromatic carbocycles. The topological polar surface area (TPSA) is 51.9 Å². The van der Waals surface area contributed by atoms with Crippen molar-refractivity contribution in [2.24, 2.45) is 14.1 Å². The summed E-state index contributed by atoms with van der Waals surface area (Å²) in [6, 6.07) is 14.0. The van der Waals surface area contributed by atoms with Crippen LogP contribution in [0.15, 0.2) is 54.9 Å². The van der Waals surface area contributed by atoms with Crippen LogP contribution in [0, 0.1) is 0 Å². The van der Waals surface area contributed by atoms with E-state index in [-0.39, 0.29) is 5.91 Å². The van der Waals surface area contributed by atoms with E-state index in [4.69, 9.17) is 0 Å². The fourth-order valence-electron chi connectivity index (χ4n) is 3.25. The second-order valence-corrected chi connectivity index (χ2v) is 5.94. The van der Waals surface area contributed by atoms with E-state index in [1.807, 2.05) is 49.0 Å². The molecule has 4 aromatic rings.